The molecule has 0 saturated heterocycles. The fraction of sp³-hybridized carbons (Fsp3) is 0.200. The van der Waals surface area contributed by atoms with E-state index in [-0.39, 0.29) is 11.6 Å². The molecule has 0 atom stereocenters. The number of rotatable bonds is 4. The van der Waals surface area contributed by atoms with Crippen LogP contribution in [0.2, 0.25) is 0 Å². The van der Waals surface area contributed by atoms with Gasteiger partial charge >= 0.3 is 0 Å². The van der Waals surface area contributed by atoms with Crippen LogP contribution in [0.25, 0.3) is 0 Å². The molecule has 0 fully saturated rings. The lowest BCUT2D eigenvalue weighted by Crippen LogP contribution is -2.17. The topological polar surface area (TPSA) is 46.2 Å². The second kappa shape index (κ2) is 5.06. The van der Waals surface area contributed by atoms with Gasteiger partial charge in [-0.25, -0.2) is 8.42 Å². The van der Waals surface area contributed by atoms with Gasteiger partial charge in [-0.2, -0.15) is 0 Å². The minimum absolute atomic E-state index is 0.0672. The summed E-state index contributed by atoms with van der Waals surface area (Å²) in [6.45, 7) is 0. The van der Waals surface area contributed by atoms with Crippen LogP contribution in [0.5, 0.6) is 0 Å². The van der Waals surface area contributed by atoms with Gasteiger partial charge < -0.3 is 0 Å². The Labute approximate surface area is 94.5 Å². The summed E-state index contributed by atoms with van der Waals surface area (Å²) in [7, 11) is -3.34. The van der Waals surface area contributed by atoms with Gasteiger partial charge in [0, 0.05) is 17.1 Å². The van der Waals surface area contributed by atoms with E-state index in [2.05, 4.69) is 10.6 Å². The van der Waals surface area contributed by atoms with Crippen LogP contribution in [-0.2, 0) is 10.0 Å². The molecule has 1 aromatic carbocycles. The third kappa shape index (κ3) is 3.82. The van der Waals surface area contributed by atoms with E-state index in [9.17, 15) is 8.42 Å². The molecule has 0 amide bonds. The Morgan fingerprint density at radius 3 is 2.40 bits per heavy atom. The Kier molecular flexibility index (Phi) is 4.01. The van der Waals surface area contributed by atoms with Gasteiger partial charge in [0.05, 0.1) is 5.75 Å². The van der Waals surface area contributed by atoms with Gasteiger partial charge in [0.1, 0.15) is 0 Å². The fourth-order valence-corrected chi connectivity index (χ4v) is 2.38. The maximum Gasteiger partial charge on any atom is 0.233 e. The molecule has 0 aliphatic carbocycles. The van der Waals surface area contributed by atoms with Crippen molar-refractivity contribution in [3.05, 3.63) is 29.8 Å². The van der Waals surface area contributed by atoms with Crippen molar-refractivity contribution in [3.8, 4) is 12.3 Å². The SMILES string of the molecule is C#Cc1ccc(NS(=O)(=O)CCCl)cc1. The van der Waals surface area contributed by atoms with E-state index in [1.54, 1.807) is 24.3 Å². The summed E-state index contributed by atoms with van der Waals surface area (Å²) < 4.78 is 25.0. The average molecular weight is 244 g/mol. The van der Waals surface area contributed by atoms with Crippen LogP contribution in [0, 0.1) is 12.3 Å². The first-order valence-corrected chi connectivity index (χ1v) is 6.39. The van der Waals surface area contributed by atoms with Crippen LogP contribution >= 0.6 is 11.6 Å². The van der Waals surface area contributed by atoms with Crippen LogP contribution in [0.1, 0.15) is 5.56 Å². The van der Waals surface area contributed by atoms with E-state index in [4.69, 9.17) is 18.0 Å². The second-order valence-electron chi connectivity index (χ2n) is 2.83. The van der Waals surface area contributed by atoms with Crippen molar-refractivity contribution in [2.24, 2.45) is 0 Å². The molecule has 0 aliphatic rings. The highest BCUT2D eigenvalue weighted by molar-refractivity contribution is 7.92. The predicted octanol–water partition coefficient (Wildman–Crippen LogP) is 1.65. The summed E-state index contributed by atoms with van der Waals surface area (Å²) in [6, 6.07) is 6.55. The number of nitrogens with one attached hydrogen (secondary N) is 1. The molecule has 0 spiro atoms. The zero-order valence-electron chi connectivity index (χ0n) is 7.90. The second-order valence-corrected chi connectivity index (χ2v) is 5.05. The predicted molar refractivity (Wildman–Crippen MR) is 62.5 cm³/mol. The molecule has 0 saturated carbocycles. The zero-order valence-corrected chi connectivity index (χ0v) is 9.48. The molecular weight excluding hydrogens is 234 g/mol. The Morgan fingerprint density at radius 2 is 1.93 bits per heavy atom. The minimum Gasteiger partial charge on any atom is -0.284 e. The molecule has 80 valence electrons. The molecule has 0 heterocycles. The van der Waals surface area contributed by atoms with E-state index < -0.39 is 10.0 Å². The van der Waals surface area contributed by atoms with E-state index in [1.165, 1.54) is 0 Å². The molecule has 1 aromatic rings. The van der Waals surface area contributed by atoms with Crippen molar-refractivity contribution in [3.63, 3.8) is 0 Å². The average Bonchev–Trinajstić information content (AvgIpc) is 2.18. The number of benzene rings is 1. The van der Waals surface area contributed by atoms with Crippen LogP contribution < -0.4 is 4.72 Å². The number of halogens is 1. The largest absolute Gasteiger partial charge is 0.284 e. The molecule has 0 radical (unpaired) electrons. The highest BCUT2D eigenvalue weighted by Crippen LogP contribution is 2.10. The van der Waals surface area contributed by atoms with E-state index in [0.29, 0.717) is 11.3 Å². The van der Waals surface area contributed by atoms with E-state index in [0.717, 1.165) is 0 Å². The summed E-state index contributed by atoms with van der Waals surface area (Å²) in [4.78, 5) is 0. The summed E-state index contributed by atoms with van der Waals surface area (Å²) in [5.41, 5.74) is 1.19. The van der Waals surface area contributed by atoms with Crippen LogP contribution in [0.3, 0.4) is 0 Å². The highest BCUT2D eigenvalue weighted by Gasteiger charge is 2.08. The van der Waals surface area contributed by atoms with Gasteiger partial charge in [0.2, 0.25) is 10.0 Å². The van der Waals surface area contributed by atoms with E-state index in [1.807, 2.05) is 0 Å². The molecule has 3 nitrogen and oxygen atoms in total. The molecule has 0 aliphatic heterocycles. The Morgan fingerprint density at radius 1 is 1.33 bits per heavy atom. The van der Waals surface area contributed by atoms with Gasteiger partial charge in [0.25, 0.3) is 0 Å². The summed E-state index contributed by atoms with van der Waals surface area (Å²) in [6.07, 6.45) is 5.17. The summed E-state index contributed by atoms with van der Waals surface area (Å²) in [5, 5.41) is 0. The molecule has 5 heteroatoms. The van der Waals surface area contributed by atoms with Gasteiger partial charge in [-0.3, -0.25) is 4.72 Å². The Balaban J connectivity index is 2.78. The molecule has 0 bridgehead atoms. The van der Waals surface area contributed by atoms with Crippen molar-refractivity contribution < 1.29 is 8.42 Å². The summed E-state index contributed by atoms with van der Waals surface area (Å²) >= 11 is 5.35. The van der Waals surface area contributed by atoms with Gasteiger partial charge in [0.15, 0.2) is 0 Å². The van der Waals surface area contributed by atoms with Crippen LogP contribution in [0.15, 0.2) is 24.3 Å². The first-order valence-electron chi connectivity index (χ1n) is 4.20. The number of terminal acetylenes is 1. The third-order valence-corrected chi connectivity index (χ3v) is 3.37. The molecule has 0 unspecified atom stereocenters. The van der Waals surface area contributed by atoms with Crippen molar-refractivity contribution in [1.82, 2.24) is 0 Å². The first-order chi connectivity index (χ1) is 7.07. The van der Waals surface area contributed by atoms with Crippen molar-refractivity contribution in [2.45, 2.75) is 0 Å². The summed E-state index contributed by atoms with van der Waals surface area (Å²) in [5.74, 6) is 2.41. The lowest BCUT2D eigenvalue weighted by atomic mass is 10.2. The van der Waals surface area contributed by atoms with Crippen molar-refractivity contribution in [2.75, 3.05) is 16.4 Å². The number of hydrogen-bond donors (Lipinski definition) is 1. The van der Waals surface area contributed by atoms with Crippen molar-refractivity contribution >= 4 is 27.3 Å². The van der Waals surface area contributed by atoms with Crippen LogP contribution in [-0.4, -0.2) is 20.1 Å². The normalized spacial score (nSPS) is 10.7. The first kappa shape index (κ1) is 11.9. The lowest BCUT2D eigenvalue weighted by molar-refractivity contribution is 0.602. The fourth-order valence-electron chi connectivity index (χ4n) is 0.967. The smallest absolute Gasteiger partial charge is 0.233 e. The maximum absolute atomic E-state index is 11.3. The monoisotopic (exact) mass is 243 g/mol. The maximum atomic E-state index is 11.3. The number of anilines is 1. The number of alkyl halides is 1. The molecule has 1 rings (SSSR count). The standard InChI is InChI=1S/C10H10ClNO2S/c1-2-9-3-5-10(6-4-9)12-15(13,14)8-7-11/h1,3-6,12H,7-8H2. The Bertz CT molecular complexity index is 459. The lowest BCUT2D eigenvalue weighted by Gasteiger charge is -2.05. The van der Waals surface area contributed by atoms with Gasteiger partial charge in [-0.05, 0) is 24.3 Å². The molecule has 1 N–H and O–H groups in total. The van der Waals surface area contributed by atoms with Crippen LogP contribution in [0.4, 0.5) is 5.69 Å². The zero-order chi connectivity index (χ0) is 11.3. The Hall–Kier alpha value is -1.18. The highest BCUT2D eigenvalue weighted by atomic mass is 35.5. The van der Waals surface area contributed by atoms with Crippen molar-refractivity contribution in [1.29, 1.82) is 0 Å². The number of sulfonamides is 1. The molecule has 15 heavy (non-hydrogen) atoms. The van der Waals surface area contributed by atoms with Gasteiger partial charge in [-0.15, -0.1) is 18.0 Å². The molecular formula is C10H10ClNO2S. The van der Waals surface area contributed by atoms with Gasteiger partial charge in [-0.1, -0.05) is 5.92 Å². The quantitative estimate of drug-likeness (QED) is 0.646. The third-order valence-electron chi connectivity index (χ3n) is 1.67. The van der Waals surface area contributed by atoms with E-state index >= 15 is 0 Å². The minimum atomic E-state index is -3.34. The molecule has 0 aromatic heterocycles. The number of hydrogen-bond acceptors (Lipinski definition) is 2.